The average Bonchev–Trinajstić information content (AvgIpc) is 2.88. The van der Waals surface area contributed by atoms with E-state index in [1.165, 1.54) is 16.9 Å². The van der Waals surface area contributed by atoms with Crippen molar-refractivity contribution < 1.29 is 24.5 Å². The van der Waals surface area contributed by atoms with E-state index in [9.17, 15) is 14.7 Å². The zero-order valence-corrected chi connectivity index (χ0v) is 11.9. The Morgan fingerprint density at radius 3 is 2.67 bits per heavy atom. The lowest BCUT2D eigenvalue weighted by atomic mass is 10.2. The molecular formula is C14H18N2O5. The number of anilines is 1. The molecule has 1 aliphatic heterocycles. The molecule has 1 aromatic rings. The highest BCUT2D eigenvalue weighted by Gasteiger charge is 2.40. The van der Waals surface area contributed by atoms with Gasteiger partial charge in [0.1, 0.15) is 11.8 Å². The number of β-amino-alcohol motifs (C(OH)–C–C–N with tert-alkyl or cyclic N) is 1. The SMILES string of the molecule is COc1ccccc1N(C)C(=O)N1CC(O)C[C@H]1C(=O)O. The maximum absolute atomic E-state index is 12.5. The Bertz CT molecular complexity index is 548. The number of aliphatic hydroxyl groups is 1. The van der Waals surface area contributed by atoms with E-state index in [1.807, 2.05) is 0 Å². The molecule has 0 radical (unpaired) electrons. The topological polar surface area (TPSA) is 90.3 Å². The van der Waals surface area contributed by atoms with E-state index in [-0.39, 0.29) is 13.0 Å². The fraction of sp³-hybridized carbons (Fsp3) is 0.429. The van der Waals surface area contributed by atoms with Crippen LogP contribution >= 0.6 is 0 Å². The van der Waals surface area contributed by atoms with Crippen molar-refractivity contribution in [3.63, 3.8) is 0 Å². The monoisotopic (exact) mass is 294 g/mol. The van der Waals surface area contributed by atoms with Crippen molar-refractivity contribution in [2.24, 2.45) is 0 Å². The zero-order valence-electron chi connectivity index (χ0n) is 11.9. The Kier molecular flexibility index (Phi) is 4.32. The highest BCUT2D eigenvalue weighted by molar-refractivity contribution is 5.95. The maximum atomic E-state index is 12.5. The number of benzene rings is 1. The summed E-state index contributed by atoms with van der Waals surface area (Å²) in [5, 5.41) is 18.8. The van der Waals surface area contributed by atoms with Crippen molar-refractivity contribution in [2.45, 2.75) is 18.6 Å². The number of urea groups is 1. The minimum atomic E-state index is -1.12. The predicted molar refractivity (Wildman–Crippen MR) is 75.5 cm³/mol. The van der Waals surface area contributed by atoms with Crippen LogP contribution in [0.25, 0.3) is 0 Å². The van der Waals surface area contributed by atoms with Crippen LogP contribution in [0.1, 0.15) is 6.42 Å². The van der Waals surface area contributed by atoms with E-state index in [4.69, 9.17) is 9.84 Å². The molecule has 1 unspecified atom stereocenters. The van der Waals surface area contributed by atoms with Gasteiger partial charge in [0.05, 0.1) is 18.9 Å². The number of aliphatic hydroxyl groups excluding tert-OH is 1. The van der Waals surface area contributed by atoms with Crippen molar-refractivity contribution in [2.75, 3.05) is 25.6 Å². The van der Waals surface area contributed by atoms with Crippen molar-refractivity contribution in [1.82, 2.24) is 4.90 Å². The van der Waals surface area contributed by atoms with Crippen LogP contribution in [0.15, 0.2) is 24.3 Å². The second-order valence-electron chi connectivity index (χ2n) is 4.91. The summed E-state index contributed by atoms with van der Waals surface area (Å²) in [6, 6.07) is 5.47. The molecule has 2 N–H and O–H groups in total. The number of carboxylic acids is 1. The van der Waals surface area contributed by atoms with Crippen LogP contribution in [-0.2, 0) is 4.79 Å². The summed E-state index contributed by atoms with van der Waals surface area (Å²) in [6.45, 7) is 0.00922. The summed E-state index contributed by atoms with van der Waals surface area (Å²) < 4.78 is 5.20. The minimum Gasteiger partial charge on any atom is -0.495 e. The molecule has 0 saturated carbocycles. The Hall–Kier alpha value is -2.28. The molecule has 1 heterocycles. The molecule has 0 bridgehead atoms. The Labute approximate surface area is 122 Å². The molecule has 0 aromatic heterocycles. The molecule has 2 atom stereocenters. The largest absolute Gasteiger partial charge is 0.495 e. The van der Waals surface area contributed by atoms with E-state index in [0.29, 0.717) is 11.4 Å². The van der Waals surface area contributed by atoms with Crippen molar-refractivity contribution in [3.05, 3.63) is 24.3 Å². The number of carboxylic acid groups (broad SMARTS) is 1. The van der Waals surface area contributed by atoms with Gasteiger partial charge in [-0.1, -0.05) is 12.1 Å². The number of para-hydroxylation sites is 2. The summed E-state index contributed by atoms with van der Waals surface area (Å²) >= 11 is 0. The summed E-state index contributed by atoms with van der Waals surface area (Å²) in [7, 11) is 3.04. The maximum Gasteiger partial charge on any atom is 0.326 e. The van der Waals surface area contributed by atoms with Crippen LogP contribution in [0.2, 0.25) is 0 Å². The molecule has 1 aromatic carbocycles. The average molecular weight is 294 g/mol. The number of ether oxygens (including phenoxy) is 1. The first kappa shape index (κ1) is 15.1. The van der Waals surface area contributed by atoms with E-state index in [0.717, 1.165) is 0 Å². The molecule has 0 aliphatic carbocycles. The highest BCUT2D eigenvalue weighted by Crippen LogP contribution is 2.29. The quantitative estimate of drug-likeness (QED) is 0.859. The van der Waals surface area contributed by atoms with E-state index >= 15 is 0 Å². The Morgan fingerprint density at radius 1 is 1.38 bits per heavy atom. The normalized spacial score (nSPS) is 21.2. The van der Waals surface area contributed by atoms with Crippen LogP contribution in [0.4, 0.5) is 10.5 Å². The van der Waals surface area contributed by atoms with Crippen LogP contribution < -0.4 is 9.64 Å². The van der Waals surface area contributed by atoms with Gasteiger partial charge in [-0.15, -0.1) is 0 Å². The number of carbonyl (C=O) groups excluding carboxylic acids is 1. The number of methoxy groups -OCH3 is 1. The number of amides is 2. The molecule has 21 heavy (non-hydrogen) atoms. The highest BCUT2D eigenvalue weighted by atomic mass is 16.5. The Balaban J connectivity index is 2.24. The van der Waals surface area contributed by atoms with Gasteiger partial charge in [0, 0.05) is 20.0 Å². The number of rotatable bonds is 3. The van der Waals surface area contributed by atoms with Gasteiger partial charge in [-0.25, -0.2) is 9.59 Å². The number of aliphatic carboxylic acids is 1. The Morgan fingerprint density at radius 2 is 2.05 bits per heavy atom. The lowest BCUT2D eigenvalue weighted by molar-refractivity contribution is -0.141. The van der Waals surface area contributed by atoms with Crippen LogP contribution in [0.5, 0.6) is 5.75 Å². The van der Waals surface area contributed by atoms with Crippen LogP contribution in [0.3, 0.4) is 0 Å². The standard InChI is InChI=1S/C14H18N2O5/c1-15(10-5-3-4-6-12(10)21-2)14(20)16-8-9(17)7-11(16)13(18)19/h3-6,9,11,17H,7-8H2,1-2H3,(H,18,19)/t9?,11-/m0/s1. The lowest BCUT2D eigenvalue weighted by Crippen LogP contribution is -2.47. The molecule has 7 nitrogen and oxygen atoms in total. The smallest absolute Gasteiger partial charge is 0.326 e. The molecule has 2 amide bonds. The number of hydrogen-bond donors (Lipinski definition) is 2. The second kappa shape index (κ2) is 6.01. The van der Waals surface area contributed by atoms with Gasteiger partial charge in [-0.05, 0) is 12.1 Å². The second-order valence-corrected chi connectivity index (χ2v) is 4.91. The van der Waals surface area contributed by atoms with Crippen molar-refractivity contribution in [3.8, 4) is 5.75 Å². The van der Waals surface area contributed by atoms with Gasteiger partial charge in [-0.2, -0.15) is 0 Å². The summed E-state index contributed by atoms with van der Waals surface area (Å²) in [5.41, 5.74) is 0.538. The molecule has 0 spiro atoms. The van der Waals surface area contributed by atoms with Crippen molar-refractivity contribution in [1.29, 1.82) is 0 Å². The molecular weight excluding hydrogens is 276 g/mol. The number of hydrogen-bond acceptors (Lipinski definition) is 4. The fourth-order valence-corrected chi connectivity index (χ4v) is 2.46. The first-order valence-corrected chi connectivity index (χ1v) is 6.54. The lowest BCUT2D eigenvalue weighted by Gasteiger charge is -2.28. The number of nitrogens with zero attached hydrogens (tertiary/aromatic N) is 2. The molecule has 1 aliphatic rings. The van der Waals surface area contributed by atoms with Gasteiger partial charge in [0.15, 0.2) is 0 Å². The van der Waals surface area contributed by atoms with Gasteiger partial charge in [-0.3, -0.25) is 4.90 Å². The van der Waals surface area contributed by atoms with Gasteiger partial charge < -0.3 is 19.8 Å². The molecule has 114 valence electrons. The summed E-state index contributed by atoms with van der Waals surface area (Å²) in [6.07, 6.45) is -0.776. The van der Waals surface area contributed by atoms with Crippen LogP contribution in [-0.4, -0.2) is 60.0 Å². The molecule has 2 rings (SSSR count). The third kappa shape index (κ3) is 2.92. The number of likely N-dealkylation sites (tertiary alicyclic amines) is 1. The third-order valence-electron chi connectivity index (χ3n) is 3.54. The zero-order chi connectivity index (χ0) is 15.6. The van der Waals surface area contributed by atoms with Gasteiger partial charge in [0.25, 0.3) is 0 Å². The minimum absolute atomic E-state index is 0.00922. The first-order valence-electron chi connectivity index (χ1n) is 6.54. The molecule has 1 saturated heterocycles. The summed E-state index contributed by atoms with van der Waals surface area (Å²) in [4.78, 5) is 26.2. The molecule has 7 heteroatoms. The van der Waals surface area contributed by atoms with Gasteiger partial charge >= 0.3 is 12.0 Å². The van der Waals surface area contributed by atoms with Gasteiger partial charge in [0.2, 0.25) is 0 Å². The first-order chi connectivity index (χ1) is 9.95. The van der Waals surface area contributed by atoms with E-state index < -0.39 is 24.1 Å². The van der Waals surface area contributed by atoms with Crippen LogP contribution in [0, 0.1) is 0 Å². The van der Waals surface area contributed by atoms with Crippen molar-refractivity contribution >= 4 is 17.7 Å². The van der Waals surface area contributed by atoms with E-state index in [1.54, 1.807) is 31.3 Å². The molecule has 1 fully saturated rings. The number of carbonyl (C=O) groups is 2. The van der Waals surface area contributed by atoms with E-state index in [2.05, 4.69) is 0 Å². The summed E-state index contributed by atoms with van der Waals surface area (Å²) in [5.74, 6) is -0.603. The third-order valence-corrected chi connectivity index (χ3v) is 3.54. The predicted octanol–water partition coefficient (Wildman–Crippen LogP) is 0.771. The fourth-order valence-electron chi connectivity index (χ4n) is 2.46.